The minimum absolute atomic E-state index is 0.403. The summed E-state index contributed by atoms with van der Waals surface area (Å²) in [5.41, 5.74) is -1.58. The van der Waals surface area contributed by atoms with E-state index in [-0.39, 0.29) is 0 Å². The number of aliphatic hydroxyl groups excluding tert-OH is 3. The van der Waals surface area contributed by atoms with Gasteiger partial charge in [0.1, 0.15) is 11.7 Å². The summed E-state index contributed by atoms with van der Waals surface area (Å²) in [6.07, 6.45) is -0.442. The van der Waals surface area contributed by atoms with Gasteiger partial charge in [-0.1, -0.05) is 20.8 Å². The number of esters is 1. The molecule has 1 heterocycles. The van der Waals surface area contributed by atoms with Gasteiger partial charge in [-0.3, -0.25) is 9.59 Å². The number of carbonyl (C=O) groups excluding carboxylic acids is 2. The molecule has 0 aromatic heterocycles. The Kier molecular flexibility index (Phi) is 3.34. The molecular weight excluding hydrogens is 336 g/mol. The first kappa shape index (κ1) is 17.9. The molecule has 3 aliphatic carbocycles. The fraction of sp³-hybridized carbons (Fsp3) is 0.700. The lowest BCUT2D eigenvalue weighted by molar-refractivity contribution is -0.215. The second kappa shape index (κ2) is 4.86. The topological polar surface area (TPSA) is 104 Å². The summed E-state index contributed by atoms with van der Waals surface area (Å²) in [5, 5.41) is 32.6. The highest BCUT2D eigenvalue weighted by molar-refractivity contribution is 5.98. The van der Waals surface area contributed by atoms with E-state index in [1.165, 1.54) is 6.08 Å². The van der Waals surface area contributed by atoms with Gasteiger partial charge in [-0.25, -0.2) is 0 Å². The van der Waals surface area contributed by atoms with Gasteiger partial charge in [0, 0.05) is 16.7 Å². The largest absolute Gasteiger partial charge is 0.454 e. The highest BCUT2D eigenvalue weighted by Gasteiger charge is 2.76. The van der Waals surface area contributed by atoms with Gasteiger partial charge < -0.3 is 20.1 Å². The summed E-state index contributed by atoms with van der Waals surface area (Å²) < 4.78 is 5.81. The van der Waals surface area contributed by atoms with Crippen molar-refractivity contribution in [2.45, 2.75) is 58.5 Å². The van der Waals surface area contributed by atoms with Crippen LogP contribution < -0.4 is 0 Å². The number of ether oxygens (including phenoxy) is 1. The molecule has 0 unspecified atom stereocenters. The molecule has 0 radical (unpaired) electrons. The van der Waals surface area contributed by atoms with Crippen molar-refractivity contribution in [2.75, 3.05) is 0 Å². The zero-order valence-electron chi connectivity index (χ0n) is 15.7. The van der Waals surface area contributed by atoms with Crippen LogP contribution in [0.15, 0.2) is 23.3 Å². The third-order valence-corrected chi connectivity index (χ3v) is 7.95. The fourth-order valence-electron chi connectivity index (χ4n) is 6.54. The Hall–Kier alpha value is -1.50. The molecule has 6 nitrogen and oxygen atoms in total. The van der Waals surface area contributed by atoms with Gasteiger partial charge >= 0.3 is 5.97 Å². The summed E-state index contributed by atoms with van der Waals surface area (Å²) in [4.78, 5) is 25.2. The van der Waals surface area contributed by atoms with Gasteiger partial charge in [0.05, 0.1) is 18.1 Å². The van der Waals surface area contributed by atoms with Gasteiger partial charge in [-0.05, 0) is 43.1 Å². The second-order valence-electron chi connectivity index (χ2n) is 9.08. The van der Waals surface area contributed by atoms with Gasteiger partial charge in [0.25, 0.3) is 0 Å². The normalized spacial score (nSPS) is 55.5. The minimum Gasteiger partial charge on any atom is -0.454 e. The second-order valence-corrected chi connectivity index (χ2v) is 9.08. The molecule has 26 heavy (non-hydrogen) atoms. The molecule has 6 heteroatoms. The van der Waals surface area contributed by atoms with Gasteiger partial charge in [0.15, 0.2) is 5.78 Å². The number of allylic oxidation sites excluding steroid dienone is 1. The highest BCUT2D eigenvalue weighted by Crippen LogP contribution is 2.70. The average molecular weight is 362 g/mol. The van der Waals surface area contributed by atoms with Crippen LogP contribution in [-0.4, -0.2) is 51.0 Å². The maximum atomic E-state index is 12.8. The van der Waals surface area contributed by atoms with Crippen molar-refractivity contribution in [1.29, 1.82) is 0 Å². The summed E-state index contributed by atoms with van der Waals surface area (Å²) >= 11 is 0. The predicted octanol–water partition coefficient (Wildman–Crippen LogP) is 0.748. The van der Waals surface area contributed by atoms with Crippen molar-refractivity contribution in [2.24, 2.45) is 28.6 Å². The molecule has 142 valence electrons. The predicted molar refractivity (Wildman–Crippen MR) is 91.7 cm³/mol. The van der Waals surface area contributed by atoms with E-state index < -0.39 is 64.2 Å². The van der Waals surface area contributed by atoms with Crippen LogP contribution in [0.3, 0.4) is 0 Å². The van der Waals surface area contributed by atoms with Crippen LogP contribution in [0.2, 0.25) is 0 Å². The Labute approximate surface area is 152 Å². The number of hydrogen-bond donors (Lipinski definition) is 3. The lowest BCUT2D eigenvalue weighted by Gasteiger charge is -2.63. The molecule has 0 spiro atoms. The van der Waals surface area contributed by atoms with Crippen molar-refractivity contribution in [3.63, 3.8) is 0 Å². The molecule has 4 rings (SSSR count). The lowest BCUT2D eigenvalue weighted by Crippen LogP contribution is -2.70. The van der Waals surface area contributed by atoms with Gasteiger partial charge in [0.2, 0.25) is 0 Å². The number of aliphatic hydroxyl groups is 3. The molecule has 4 aliphatic rings. The summed E-state index contributed by atoms with van der Waals surface area (Å²) in [6.45, 7) is 8.96. The van der Waals surface area contributed by atoms with Gasteiger partial charge in [-0.15, -0.1) is 0 Å². The third kappa shape index (κ3) is 1.65. The molecule has 9 atom stereocenters. The number of rotatable bonds is 0. The summed E-state index contributed by atoms with van der Waals surface area (Å²) in [5.74, 6) is -2.66. The van der Waals surface area contributed by atoms with Crippen LogP contribution >= 0.6 is 0 Å². The molecule has 0 aromatic rings. The Morgan fingerprint density at radius 1 is 1.08 bits per heavy atom. The van der Waals surface area contributed by atoms with E-state index in [0.29, 0.717) is 11.1 Å². The first-order chi connectivity index (χ1) is 11.9. The zero-order chi connectivity index (χ0) is 19.4. The minimum atomic E-state index is -1.35. The summed E-state index contributed by atoms with van der Waals surface area (Å²) in [6, 6.07) is 0. The maximum absolute atomic E-state index is 12.8. The first-order valence-corrected chi connectivity index (χ1v) is 9.14. The molecule has 3 N–H and O–H groups in total. The molecule has 0 aromatic carbocycles. The van der Waals surface area contributed by atoms with E-state index >= 15 is 0 Å². The first-order valence-electron chi connectivity index (χ1n) is 9.14. The van der Waals surface area contributed by atoms with Crippen LogP contribution in [0.5, 0.6) is 0 Å². The number of carbonyl (C=O) groups is 2. The molecule has 1 saturated heterocycles. The molecule has 2 fully saturated rings. The van der Waals surface area contributed by atoms with Crippen molar-refractivity contribution in [3.8, 4) is 0 Å². The van der Waals surface area contributed by atoms with E-state index in [1.54, 1.807) is 20.8 Å². The Morgan fingerprint density at radius 2 is 1.69 bits per heavy atom. The van der Waals surface area contributed by atoms with Crippen LogP contribution in [-0.2, 0) is 14.3 Å². The highest BCUT2D eigenvalue weighted by atomic mass is 16.6. The molecule has 0 bridgehead atoms. The van der Waals surface area contributed by atoms with E-state index in [9.17, 15) is 24.9 Å². The van der Waals surface area contributed by atoms with Crippen LogP contribution in [0, 0.1) is 28.6 Å². The Bertz CT molecular complexity index is 783. The average Bonchev–Trinajstić information content (AvgIpc) is 2.74. The maximum Gasteiger partial charge on any atom is 0.310 e. The fourth-order valence-corrected chi connectivity index (χ4v) is 6.54. The molecule has 1 aliphatic heterocycles. The molecular formula is C20H26O6. The quantitative estimate of drug-likeness (QED) is 0.550. The van der Waals surface area contributed by atoms with E-state index in [0.717, 1.165) is 0 Å². The standard InChI is InChI=1S/C20H26O6/c1-8-6-11(21)16(24)19(4)10(8)7-18(3)20(5)12(17(25)26-18)9(2)13(22)14(23)15(19)20/h6-7,9,12-16,22-24H,1-5H3/t9-,12-,13-,14+,15-,16-,18-,19+,20+/m1/s1. The Morgan fingerprint density at radius 3 is 2.31 bits per heavy atom. The molecule has 0 amide bonds. The van der Waals surface area contributed by atoms with Crippen molar-refractivity contribution < 1.29 is 29.6 Å². The number of fused-ring (bicyclic) bond motifs is 2. The lowest BCUT2D eigenvalue weighted by atomic mass is 9.40. The van der Waals surface area contributed by atoms with E-state index in [2.05, 4.69) is 0 Å². The van der Waals surface area contributed by atoms with E-state index in [4.69, 9.17) is 4.74 Å². The van der Waals surface area contributed by atoms with Crippen molar-refractivity contribution in [1.82, 2.24) is 0 Å². The van der Waals surface area contributed by atoms with Gasteiger partial charge in [-0.2, -0.15) is 0 Å². The zero-order valence-corrected chi connectivity index (χ0v) is 15.7. The van der Waals surface area contributed by atoms with Crippen LogP contribution in [0.25, 0.3) is 0 Å². The number of hydrogen-bond acceptors (Lipinski definition) is 6. The van der Waals surface area contributed by atoms with Crippen LogP contribution in [0.4, 0.5) is 0 Å². The Balaban J connectivity index is 2.07. The monoisotopic (exact) mass is 362 g/mol. The summed E-state index contributed by atoms with van der Waals surface area (Å²) in [7, 11) is 0. The number of ketones is 1. The molecule has 1 saturated carbocycles. The SMILES string of the molecule is CC1=CC(=O)[C@@H](O)[C@@]2(C)C1=C[C@@]1(C)OC(=O)[C@H]3[C@@H](C)[C@@H](O)[C@H](O)[C@H]2[C@]31C. The van der Waals surface area contributed by atoms with E-state index in [1.807, 2.05) is 19.9 Å². The van der Waals surface area contributed by atoms with Crippen molar-refractivity contribution >= 4 is 11.8 Å². The van der Waals surface area contributed by atoms with Crippen molar-refractivity contribution in [3.05, 3.63) is 23.3 Å². The third-order valence-electron chi connectivity index (χ3n) is 7.95. The smallest absolute Gasteiger partial charge is 0.310 e. The van der Waals surface area contributed by atoms with Crippen LogP contribution in [0.1, 0.15) is 34.6 Å².